The number of rotatable bonds is 32. The largest absolute Gasteiger partial charge is 0.356 e. The van der Waals surface area contributed by atoms with E-state index in [9.17, 15) is 0 Å². The van der Waals surface area contributed by atoms with Crippen LogP contribution in [0.2, 0.25) is 0 Å². The van der Waals surface area contributed by atoms with Crippen molar-refractivity contribution in [2.75, 3.05) is 13.1 Å². The third-order valence-electron chi connectivity index (χ3n) is 9.28. The van der Waals surface area contributed by atoms with Gasteiger partial charge in [0.25, 0.3) is 0 Å². The van der Waals surface area contributed by atoms with Crippen LogP contribution in [-0.4, -0.2) is 29.1 Å². The molecule has 1 atom stereocenters. The molecule has 0 saturated carbocycles. The maximum absolute atomic E-state index is 2.68. The summed E-state index contributed by atoms with van der Waals surface area (Å²) >= 11 is 0. The van der Waals surface area contributed by atoms with Crippen molar-refractivity contribution in [3.63, 3.8) is 0 Å². The minimum Gasteiger partial charge on any atom is -0.356 e. The van der Waals surface area contributed by atoms with E-state index in [1.54, 1.807) is 0 Å². The van der Waals surface area contributed by atoms with Crippen LogP contribution in [0.4, 0.5) is 0 Å². The van der Waals surface area contributed by atoms with Gasteiger partial charge in [-0.3, -0.25) is 0 Å². The van der Waals surface area contributed by atoms with Crippen molar-refractivity contribution in [3.8, 4) is 0 Å². The van der Waals surface area contributed by atoms with E-state index in [0.717, 1.165) is 0 Å². The Balaban J connectivity index is 1.97. The molecule has 0 fully saturated rings. The smallest absolute Gasteiger partial charge is 0.101 e. The molecule has 238 valence electrons. The number of hydrogen-bond donors (Lipinski definition) is 0. The van der Waals surface area contributed by atoms with Gasteiger partial charge in [0.15, 0.2) is 0 Å². The van der Waals surface area contributed by atoms with Crippen molar-refractivity contribution in [1.29, 1.82) is 0 Å². The first-order valence-electron chi connectivity index (χ1n) is 19.0. The second kappa shape index (κ2) is 29.8. The first-order valence-corrected chi connectivity index (χ1v) is 19.0. The van der Waals surface area contributed by atoms with Crippen molar-refractivity contribution in [1.82, 2.24) is 9.80 Å². The van der Waals surface area contributed by atoms with Gasteiger partial charge >= 0.3 is 0 Å². The first kappa shape index (κ1) is 37.4. The number of nitrogens with zero attached hydrogens (tertiary/aromatic N) is 2. The molecule has 0 aromatic rings. The minimum absolute atomic E-state index is 0.638. The summed E-state index contributed by atoms with van der Waals surface area (Å²) in [5, 5.41) is 0. The molecule has 1 rings (SSSR count). The predicted molar refractivity (Wildman–Crippen MR) is 182 cm³/mol. The second-order valence-corrected chi connectivity index (χ2v) is 13.2. The number of hydrogen-bond acceptors (Lipinski definition) is 2. The molecule has 0 aromatic heterocycles. The topological polar surface area (TPSA) is 6.48 Å². The molecule has 1 aliphatic rings. The van der Waals surface area contributed by atoms with Crippen molar-refractivity contribution in [3.05, 3.63) is 12.4 Å². The van der Waals surface area contributed by atoms with Crippen LogP contribution in [0.25, 0.3) is 0 Å². The van der Waals surface area contributed by atoms with Crippen LogP contribution < -0.4 is 0 Å². The highest BCUT2D eigenvalue weighted by atomic mass is 15.4. The highest BCUT2D eigenvalue weighted by Crippen LogP contribution is 2.23. The van der Waals surface area contributed by atoms with Crippen LogP contribution in [0.3, 0.4) is 0 Å². The number of unbranched alkanes of at least 4 members (excludes halogenated alkanes) is 26. The third-order valence-corrected chi connectivity index (χ3v) is 9.28. The van der Waals surface area contributed by atoms with E-state index in [2.05, 4.69) is 43.0 Å². The molecule has 1 heterocycles. The Labute approximate surface area is 254 Å². The van der Waals surface area contributed by atoms with Gasteiger partial charge in [0, 0.05) is 25.5 Å². The summed E-state index contributed by atoms with van der Waals surface area (Å²) in [4.78, 5) is 5.31. The molecule has 0 radical (unpaired) electrons. The van der Waals surface area contributed by atoms with E-state index in [-0.39, 0.29) is 0 Å². The molecular formula is C38H76N2. The second-order valence-electron chi connectivity index (χ2n) is 13.2. The predicted octanol–water partition coefficient (Wildman–Crippen LogP) is 13.2. The van der Waals surface area contributed by atoms with Crippen molar-refractivity contribution in [2.45, 2.75) is 220 Å². The van der Waals surface area contributed by atoms with E-state index in [0.29, 0.717) is 6.17 Å². The molecule has 0 spiro atoms. The summed E-state index contributed by atoms with van der Waals surface area (Å²) in [5.74, 6) is 0. The standard InChI is InChI=1S/C38H76N2/c1-4-7-9-11-13-15-17-18-19-20-21-22-23-25-27-29-31-33-38-39(34-6-3)36-37-40(38)35-32-30-28-26-24-16-14-12-10-8-5-2/h36-38H,4-35H2,1-3H3. The summed E-state index contributed by atoms with van der Waals surface area (Å²) in [7, 11) is 0. The molecule has 0 aliphatic carbocycles. The maximum Gasteiger partial charge on any atom is 0.101 e. The van der Waals surface area contributed by atoms with Crippen molar-refractivity contribution >= 4 is 0 Å². The summed E-state index contributed by atoms with van der Waals surface area (Å²) in [5.41, 5.74) is 0. The Kier molecular flexibility index (Phi) is 27.9. The molecule has 0 amide bonds. The normalized spacial score (nSPS) is 15.1. The van der Waals surface area contributed by atoms with Gasteiger partial charge < -0.3 is 9.80 Å². The van der Waals surface area contributed by atoms with Gasteiger partial charge in [0.2, 0.25) is 0 Å². The summed E-state index contributed by atoms with van der Waals surface area (Å²) in [6.07, 6.45) is 48.6. The average molecular weight is 561 g/mol. The summed E-state index contributed by atoms with van der Waals surface area (Å²) < 4.78 is 0. The molecule has 0 bridgehead atoms. The molecule has 0 saturated heterocycles. The van der Waals surface area contributed by atoms with Gasteiger partial charge in [-0.2, -0.15) is 0 Å². The Morgan fingerprint density at radius 2 is 0.625 bits per heavy atom. The molecule has 0 N–H and O–H groups in total. The Morgan fingerprint density at radius 3 is 0.975 bits per heavy atom. The molecule has 1 unspecified atom stereocenters. The fraction of sp³-hybridized carbons (Fsp3) is 0.947. The monoisotopic (exact) mass is 561 g/mol. The van der Waals surface area contributed by atoms with Gasteiger partial charge in [-0.15, -0.1) is 0 Å². The van der Waals surface area contributed by atoms with E-state index >= 15 is 0 Å². The van der Waals surface area contributed by atoms with Crippen molar-refractivity contribution in [2.24, 2.45) is 0 Å². The molecule has 0 aromatic carbocycles. The SMILES string of the molecule is CCCCCCCCCCCCCCCCCCCC1N(CCC)C=CN1CCCCCCCCCCCCC. The molecule has 40 heavy (non-hydrogen) atoms. The lowest BCUT2D eigenvalue weighted by Gasteiger charge is -2.33. The van der Waals surface area contributed by atoms with E-state index in [1.165, 1.54) is 206 Å². The molecule has 2 nitrogen and oxygen atoms in total. The Bertz CT molecular complexity index is 516. The lowest BCUT2D eigenvalue weighted by atomic mass is 10.0. The Morgan fingerprint density at radius 1 is 0.325 bits per heavy atom. The third kappa shape index (κ3) is 22.0. The van der Waals surface area contributed by atoms with Gasteiger partial charge in [-0.25, -0.2) is 0 Å². The van der Waals surface area contributed by atoms with Gasteiger partial charge in [-0.05, 0) is 25.7 Å². The zero-order chi connectivity index (χ0) is 28.8. The maximum atomic E-state index is 2.68. The van der Waals surface area contributed by atoms with Crippen molar-refractivity contribution < 1.29 is 0 Å². The van der Waals surface area contributed by atoms with E-state index < -0.39 is 0 Å². The van der Waals surface area contributed by atoms with Crippen LogP contribution in [0.5, 0.6) is 0 Å². The van der Waals surface area contributed by atoms with Crippen LogP contribution in [-0.2, 0) is 0 Å². The summed E-state index contributed by atoms with van der Waals surface area (Å²) in [6.45, 7) is 9.42. The lowest BCUT2D eigenvalue weighted by molar-refractivity contribution is 0.137. The quantitative estimate of drug-likeness (QED) is 0.0755. The first-order chi connectivity index (χ1) is 19.8. The zero-order valence-corrected chi connectivity index (χ0v) is 28.3. The fourth-order valence-electron chi connectivity index (χ4n) is 6.61. The lowest BCUT2D eigenvalue weighted by Crippen LogP contribution is -2.39. The highest BCUT2D eigenvalue weighted by molar-refractivity contribution is 4.96. The van der Waals surface area contributed by atoms with Crippen LogP contribution in [0, 0.1) is 0 Å². The Hall–Kier alpha value is -0.660. The van der Waals surface area contributed by atoms with Gasteiger partial charge in [-0.1, -0.05) is 188 Å². The molecule has 2 heteroatoms. The fourth-order valence-corrected chi connectivity index (χ4v) is 6.61. The average Bonchev–Trinajstić information content (AvgIpc) is 3.34. The minimum atomic E-state index is 0.638. The van der Waals surface area contributed by atoms with Crippen LogP contribution in [0.15, 0.2) is 12.4 Å². The van der Waals surface area contributed by atoms with E-state index in [1.807, 2.05) is 0 Å². The zero-order valence-electron chi connectivity index (χ0n) is 28.3. The van der Waals surface area contributed by atoms with Crippen LogP contribution >= 0.6 is 0 Å². The molecular weight excluding hydrogens is 484 g/mol. The van der Waals surface area contributed by atoms with Gasteiger partial charge in [0.05, 0.1) is 0 Å². The molecule has 1 aliphatic heterocycles. The summed E-state index contributed by atoms with van der Waals surface area (Å²) in [6, 6.07) is 0. The van der Waals surface area contributed by atoms with Crippen LogP contribution in [0.1, 0.15) is 213 Å². The van der Waals surface area contributed by atoms with Gasteiger partial charge in [0.1, 0.15) is 6.17 Å². The highest BCUT2D eigenvalue weighted by Gasteiger charge is 2.24. The van der Waals surface area contributed by atoms with E-state index in [4.69, 9.17) is 0 Å².